The van der Waals surface area contributed by atoms with E-state index in [1.165, 1.54) is 0 Å². The number of amides is 1. The SMILES string of the molecule is NC(=O)C(O)CNC(c1ccccc1)c1ccccc1. The molecule has 4 N–H and O–H groups in total. The molecule has 0 aliphatic heterocycles. The third kappa shape index (κ3) is 3.66. The quantitative estimate of drug-likeness (QED) is 0.738. The predicted octanol–water partition coefficient (Wildman–Crippen LogP) is 1.21. The standard InChI is InChI=1S/C16H18N2O2/c17-16(20)14(19)11-18-15(12-7-3-1-4-8-12)13-9-5-2-6-10-13/h1-10,14-15,18-19H,11H2,(H2,17,20). The number of primary amides is 1. The van der Waals surface area contributed by atoms with Crippen LogP contribution < -0.4 is 11.1 Å². The van der Waals surface area contributed by atoms with Crippen LogP contribution in [0.15, 0.2) is 60.7 Å². The predicted molar refractivity (Wildman–Crippen MR) is 77.9 cm³/mol. The Hall–Kier alpha value is -2.17. The molecule has 2 aromatic rings. The van der Waals surface area contributed by atoms with Crippen LogP contribution in [0.2, 0.25) is 0 Å². The number of aliphatic hydroxyl groups excluding tert-OH is 1. The minimum absolute atomic E-state index is 0.0913. The molecule has 0 radical (unpaired) electrons. The van der Waals surface area contributed by atoms with E-state index >= 15 is 0 Å². The normalized spacial score (nSPS) is 12.3. The van der Waals surface area contributed by atoms with Crippen molar-refractivity contribution in [1.29, 1.82) is 0 Å². The van der Waals surface area contributed by atoms with Crippen molar-refractivity contribution in [3.05, 3.63) is 71.8 Å². The summed E-state index contributed by atoms with van der Waals surface area (Å²) in [7, 11) is 0. The average molecular weight is 270 g/mol. The van der Waals surface area contributed by atoms with E-state index in [1.54, 1.807) is 0 Å². The van der Waals surface area contributed by atoms with E-state index in [2.05, 4.69) is 5.32 Å². The van der Waals surface area contributed by atoms with E-state index in [0.717, 1.165) is 11.1 Å². The molecule has 0 aliphatic rings. The number of rotatable bonds is 6. The maximum absolute atomic E-state index is 10.9. The summed E-state index contributed by atoms with van der Waals surface area (Å²) in [5, 5.41) is 12.7. The number of nitrogens with two attached hydrogens (primary N) is 1. The summed E-state index contributed by atoms with van der Waals surface area (Å²) in [5.74, 6) is -0.725. The molecule has 0 spiro atoms. The molecular weight excluding hydrogens is 252 g/mol. The topological polar surface area (TPSA) is 75.4 Å². The molecule has 0 fully saturated rings. The Kier molecular flexibility index (Phi) is 4.87. The highest BCUT2D eigenvalue weighted by atomic mass is 16.3. The Bertz CT molecular complexity index is 503. The minimum atomic E-state index is -1.19. The molecule has 4 nitrogen and oxygen atoms in total. The molecule has 104 valence electrons. The second-order valence-corrected chi connectivity index (χ2v) is 4.58. The van der Waals surface area contributed by atoms with E-state index in [0.29, 0.717) is 0 Å². The van der Waals surface area contributed by atoms with Gasteiger partial charge in [0.1, 0.15) is 6.10 Å². The highest BCUT2D eigenvalue weighted by Gasteiger charge is 2.17. The summed E-state index contributed by atoms with van der Waals surface area (Å²) < 4.78 is 0. The van der Waals surface area contributed by atoms with Crippen molar-refractivity contribution < 1.29 is 9.90 Å². The molecule has 0 aliphatic carbocycles. The van der Waals surface area contributed by atoms with Crippen molar-refractivity contribution in [2.75, 3.05) is 6.54 Å². The third-order valence-electron chi connectivity index (χ3n) is 3.11. The van der Waals surface area contributed by atoms with Crippen LogP contribution in [0.5, 0.6) is 0 Å². The number of nitrogens with one attached hydrogen (secondary N) is 1. The summed E-state index contributed by atoms with van der Waals surface area (Å²) in [6.45, 7) is 0.115. The average Bonchev–Trinajstić information content (AvgIpc) is 2.49. The highest BCUT2D eigenvalue weighted by molar-refractivity contribution is 5.78. The van der Waals surface area contributed by atoms with Gasteiger partial charge in [-0.15, -0.1) is 0 Å². The number of carbonyl (C=O) groups excluding carboxylic acids is 1. The van der Waals surface area contributed by atoms with Gasteiger partial charge in [0.2, 0.25) is 5.91 Å². The smallest absolute Gasteiger partial charge is 0.247 e. The van der Waals surface area contributed by atoms with Gasteiger partial charge in [0.25, 0.3) is 0 Å². The maximum Gasteiger partial charge on any atom is 0.247 e. The largest absolute Gasteiger partial charge is 0.382 e. The molecule has 1 unspecified atom stereocenters. The Morgan fingerprint density at radius 3 is 1.85 bits per heavy atom. The Morgan fingerprint density at radius 2 is 1.45 bits per heavy atom. The summed E-state index contributed by atoms with van der Waals surface area (Å²) in [4.78, 5) is 10.9. The Labute approximate surface area is 118 Å². The number of benzene rings is 2. The summed E-state index contributed by atoms with van der Waals surface area (Å²) in [5.41, 5.74) is 7.20. The lowest BCUT2D eigenvalue weighted by molar-refractivity contribution is -0.125. The van der Waals surface area contributed by atoms with Crippen LogP contribution in [0.25, 0.3) is 0 Å². The van der Waals surface area contributed by atoms with E-state index in [4.69, 9.17) is 5.73 Å². The Morgan fingerprint density at radius 1 is 1.00 bits per heavy atom. The summed E-state index contributed by atoms with van der Waals surface area (Å²) in [6.07, 6.45) is -1.19. The van der Waals surface area contributed by atoms with Gasteiger partial charge in [0.15, 0.2) is 0 Å². The zero-order valence-electron chi connectivity index (χ0n) is 11.1. The van der Waals surface area contributed by atoms with E-state index in [-0.39, 0.29) is 12.6 Å². The van der Waals surface area contributed by atoms with Crippen molar-refractivity contribution >= 4 is 5.91 Å². The molecule has 1 atom stereocenters. The first-order valence-electron chi connectivity index (χ1n) is 6.49. The maximum atomic E-state index is 10.9. The monoisotopic (exact) mass is 270 g/mol. The first kappa shape index (κ1) is 14.2. The van der Waals surface area contributed by atoms with Gasteiger partial charge in [-0.3, -0.25) is 4.79 Å². The van der Waals surface area contributed by atoms with Crippen LogP contribution in [0, 0.1) is 0 Å². The fourth-order valence-electron chi connectivity index (χ4n) is 2.05. The lowest BCUT2D eigenvalue weighted by atomic mass is 9.98. The molecule has 0 saturated carbocycles. The van der Waals surface area contributed by atoms with Crippen LogP contribution in [-0.4, -0.2) is 23.7 Å². The van der Waals surface area contributed by atoms with Gasteiger partial charge < -0.3 is 16.2 Å². The highest BCUT2D eigenvalue weighted by Crippen LogP contribution is 2.21. The number of hydrogen-bond acceptors (Lipinski definition) is 3. The van der Waals surface area contributed by atoms with E-state index in [9.17, 15) is 9.90 Å². The van der Waals surface area contributed by atoms with Gasteiger partial charge in [0, 0.05) is 6.54 Å². The zero-order valence-corrected chi connectivity index (χ0v) is 11.1. The van der Waals surface area contributed by atoms with Crippen LogP contribution in [0.1, 0.15) is 17.2 Å². The molecule has 2 rings (SSSR count). The number of carbonyl (C=O) groups is 1. The van der Waals surface area contributed by atoms with Crippen molar-refractivity contribution in [2.24, 2.45) is 5.73 Å². The molecule has 0 heterocycles. The van der Waals surface area contributed by atoms with Gasteiger partial charge >= 0.3 is 0 Å². The van der Waals surface area contributed by atoms with Gasteiger partial charge in [-0.25, -0.2) is 0 Å². The zero-order chi connectivity index (χ0) is 14.4. The van der Waals surface area contributed by atoms with Crippen LogP contribution in [-0.2, 0) is 4.79 Å². The van der Waals surface area contributed by atoms with Crippen LogP contribution in [0.3, 0.4) is 0 Å². The van der Waals surface area contributed by atoms with Gasteiger partial charge in [-0.05, 0) is 11.1 Å². The second-order valence-electron chi connectivity index (χ2n) is 4.58. The molecule has 20 heavy (non-hydrogen) atoms. The first-order valence-corrected chi connectivity index (χ1v) is 6.49. The molecule has 2 aromatic carbocycles. The second kappa shape index (κ2) is 6.84. The molecular formula is C16H18N2O2. The fraction of sp³-hybridized carbons (Fsp3) is 0.188. The van der Waals surface area contributed by atoms with Gasteiger partial charge in [-0.1, -0.05) is 60.7 Å². The summed E-state index contributed by atoms with van der Waals surface area (Å²) in [6, 6.07) is 19.6. The van der Waals surface area contributed by atoms with Crippen LogP contribution in [0.4, 0.5) is 0 Å². The lowest BCUT2D eigenvalue weighted by Crippen LogP contribution is -2.39. The summed E-state index contributed by atoms with van der Waals surface area (Å²) >= 11 is 0. The van der Waals surface area contributed by atoms with Gasteiger partial charge in [-0.2, -0.15) is 0 Å². The fourth-order valence-corrected chi connectivity index (χ4v) is 2.05. The van der Waals surface area contributed by atoms with E-state index < -0.39 is 12.0 Å². The van der Waals surface area contributed by atoms with E-state index in [1.807, 2.05) is 60.7 Å². The minimum Gasteiger partial charge on any atom is -0.382 e. The van der Waals surface area contributed by atoms with Crippen molar-refractivity contribution in [2.45, 2.75) is 12.1 Å². The molecule has 4 heteroatoms. The molecule has 0 bridgehead atoms. The van der Waals surface area contributed by atoms with Crippen molar-refractivity contribution in [3.63, 3.8) is 0 Å². The van der Waals surface area contributed by atoms with Crippen molar-refractivity contribution in [1.82, 2.24) is 5.32 Å². The third-order valence-corrected chi connectivity index (χ3v) is 3.11. The van der Waals surface area contributed by atoms with Crippen molar-refractivity contribution in [3.8, 4) is 0 Å². The number of aliphatic hydroxyl groups is 1. The lowest BCUT2D eigenvalue weighted by Gasteiger charge is -2.21. The first-order chi connectivity index (χ1) is 9.68. The number of hydrogen-bond donors (Lipinski definition) is 3. The van der Waals surface area contributed by atoms with Crippen LogP contribution >= 0.6 is 0 Å². The molecule has 0 aromatic heterocycles. The van der Waals surface area contributed by atoms with Gasteiger partial charge in [0.05, 0.1) is 6.04 Å². The Balaban J connectivity index is 2.19. The molecule has 0 saturated heterocycles. The molecule has 1 amide bonds.